The van der Waals surface area contributed by atoms with Crippen LogP contribution in [0, 0.1) is 10.8 Å². The van der Waals surface area contributed by atoms with Crippen LogP contribution in [0.3, 0.4) is 0 Å². The van der Waals surface area contributed by atoms with Gasteiger partial charge in [-0.15, -0.1) is 0 Å². The zero-order chi connectivity index (χ0) is 23.9. The predicted octanol–water partition coefficient (Wildman–Crippen LogP) is 7.94. The molecule has 0 unspecified atom stereocenters. The molecule has 0 aliphatic rings. The van der Waals surface area contributed by atoms with E-state index in [1.165, 1.54) is 11.1 Å². The first-order chi connectivity index (χ1) is 13.8. The fourth-order valence-electron chi connectivity index (χ4n) is 5.16. The molecule has 2 rings (SSSR count). The van der Waals surface area contributed by atoms with Crippen molar-refractivity contribution in [1.82, 2.24) is 0 Å². The normalized spacial score (nSPS) is 13.6. The van der Waals surface area contributed by atoms with E-state index in [1.807, 2.05) is 24.3 Å². The first-order valence-corrected chi connectivity index (χ1v) is 12.8. The van der Waals surface area contributed by atoms with Crippen molar-refractivity contribution in [3.05, 3.63) is 59.7 Å². The van der Waals surface area contributed by atoms with Gasteiger partial charge in [-0.2, -0.15) is 0 Å². The van der Waals surface area contributed by atoms with Gasteiger partial charge < -0.3 is 0 Å². The van der Waals surface area contributed by atoms with Gasteiger partial charge in [-0.05, 0) is 69.9 Å². The van der Waals surface area contributed by atoms with Crippen molar-refractivity contribution in [2.45, 2.75) is 103 Å². The molecule has 0 N–H and O–H groups in total. The molecule has 0 aliphatic carbocycles. The van der Waals surface area contributed by atoms with Crippen LogP contribution < -0.4 is 0 Å². The number of hydrogen-bond donors (Lipinski definition) is 0. The van der Waals surface area contributed by atoms with Crippen LogP contribution in [0.15, 0.2) is 58.3 Å². The van der Waals surface area contributed by atoms with Crippen molar-refractivity contribution in [1.29, 1.82) is 0 Å². The molecule has 4 heteroatoms. The van der Waals surface area contributed by atoms with Gasteiger partial charge in [-0.25, -0.2) is 8.42 Å². The maximum Gasteiger partial charge on any atom is 0.206 e. The van der Waals surface area contributed by atoms with Crippen LogP contribution in [0.5, 0.6) is 0 Å². The minimum absolute atomic E-state index is 0. The molecular weight excluding hydrogens is 459 g/mol. The Morgan fingerprint density at radius 2 is 0.781 bits per heavy atom. The van der Waals surface area contributed by atoms with E-state index in [2.05, 4.69) is 69.2 Å². The molecule has 0 amide bonds. The molecule has 0 radical (unpaired) electrons. The van der Waals surface area contributed by atoms with Gasteiger partial charge in [0.25, 0.3) is 0 Å². The first-order valence-electron chi connectivity index (χ1n) is 11.3. The van der Waals surface area contributed by atoms with E-state index < -0.39 is 9.84 Å². The van der Waals surface area contributed by atoms with Crippen molar-refractivity contribution in [3.8, 4) is 0 Å². The summed E-state index contributed by atoms with van der Waals surface area (Å²) in [5, 5.41) is 0. The van der Waals surface area contributed by atoms with E-state index in [0.29, 0.717) is 9.79 Å². The molecule has 2 nitrogen and oxygen atoms in total. The van der Waals surface area contributed by atoms with Crippen molar-refractivity contribution in [2.75, 3.05) is 0 Å². The number of sulfone groups is 1. The van der Waals surface area contributed by atoms with Gasteiger partial charge in [-0.1, -0.05) is 93.5 Å². The molecule has 0 spiro atoms. The third kappa shape index (κ3) is 7.46. The minimum Gasteiger partial charge on any atom is -0.219 e. The Labute approximate surface area is 207 Å². The standard InChI is InChI=1S/C28H42O2S.Ni/c1-25(2,3)19-27(7,8)21-11-15-23(16-12-21)31(29,30)24-17-13-22(14-18-24)28(9,10)20-26(4,5)6;/h11-18H,19-20H2,1-10H3;. The predicted molar refractivity (Wildman–Crippen MR) is 133 cm³/mol. The van der Waals surface area contributed by atoms with Crippen LogP contribution in [0.1, 0.15) is 93.2 Å². The summed E-state index contributed by atoms with van der Waals surface area (Å²) < 4.78 is 26.4. The Morgan fingerprint density at radius 3 is 1.00 bits per heavy atom. The fourth-order valence-corrected chi connectivity index (χ4v) is 6.42. The maximum atomic E-state index is 13.2. The Hall–Kier alpha value is -1.12. The van der Waals surface area contributed by atoms with Gasteiger partial charge in [-0.3, -0.25) is 0 Å². The van der Waals surface area contributed by atoms with E-state index in [0.717, 1.165) is 12.8 Å². The largest absolute Gasteiger partial charge is 0.219 e. The van der Waals surface area contributed by atoms with Crippen molar-refractivity contribution in [3.63, 3.8) is 0 Å². The smallest absolute Gasteiger partial charge is 0.206 e. The molecule has 0 atom stereocenters. The molecule has 0 fully saturated rings. The average Bonchev–Trinajstić information content (AvgIpc) is 2.58. The van der Waals surface area contributed by atoms with E-state index in [-0.39, 0.29) is 38.2 Å². The van der Waals surface area contributed by atoms with E-state index >= 15 is 0 Å². The molecule has 0 heterocycles. The van der Waals surface area contributed by atoms with Gasteiger partial charge in [0.05, 0.1) is 9.79 Å². The Kier molecular flexibility index (Phi) is 8.70. The van der Waals surface area contributed by atoms with E-state index in [9.17, 15) is 8.42 Å². The quantitative estimate of drug-likeness (QED) is 0.377. The van der Waals surface area contributed by atoms with Gasteiger partial charge >= 0.3 is 0 Å². The topological polar surface area (TPSA) is 34.1 Å². The molecule has 0 saturated carbocycles. The summed E-state index contributed by atoms with van der Waals surface area (Å²) in [5.41, 5.74) is 2.72. The Bertz CT molecular complexity index is 908. The van der Waals surface area contributed by atoms with Crippen LogP contribution in [0.2, 0.25) is 0 Å². The summed E-state index contributed by atoms with van der Waals surface area (Å²) in [6.07, 6.45) is 2.05. The second-order valence-corrected chi connectivity index (χ2v) is 14.7. The van der Waals surface area contributed by atoms with Gasteiger partial charge in [0.15, 0.2) is 0 Å². The molecule has 0 aromatic heterocycles. The summed E-state index contributed by atoms with van der Waals surface area (Å²) in [6.45, 7) is 22.3. The number of hydrogen-bond acceptors (Lipinski definition) is 2. The monoisotopic (exact) mass is 500 g/mol. The maximum absolute atomic E-state index is 13.2. The van der Waals surface area contributed by atoms with Crippen molar-refractivity contribution >= 4 is 9.84 Å². The van der Waals surface area contributed by atoms with Crippen LogP contribution in [0.25, 0.3) is 0 Å². The molecule has 0 bridgehead atoms. The van der Waals surface area contributed by atoms with Crippen LogP contribution >= 0.6 is 0 Å². The van der Waals surface area contributed by atoms with Crippen molar-refractivity contribution in [2.24, 2.45) is 10.8 Å². The molecule has 182 valence electrons. The van der Waals surface area contributed by atoms with Crippen LogP contribution in [-0.4, -0.2) is 8.42 Å². The van der Waals surface area contributed by atoms with Crippen LogP contribution in [-0.2, 0) is 37.2 Å². The van der Waals surface area contributed by atoms with Gasteiger partial charge in [0.1, 0.15) is 0 Å². The number of rotatable bonds is 6. The molecule has 0 saturated heterocycles. The van der Waals surface area contributed by atoms with E-state index in [1.54, 1.807) is 24.3 Å². The molecule has 32 heavy (non-hydrogen) atoms. The zero-order valence-electron chi connectivity index (χ0n) is 21.6. The Morgan fingerprint density at radius 1 is 0.531 bits per heavy atom. The number of benzene rings is 2. The molecule has 2 aromatic carbocycles. The summed E-state index contributed by atoms with van der Waals surface area (Å²) in [5.74, 6) is 0. The second kappa shape index (κ2) is 9.63. The zero-order valence-corrected chi connectivity index (χ0v) is 23.4. The molecule has 0 aliphatic heterocycles. The Balaban J connectivity index is 0.00000512. The van der Waals surface area contributed by atoms with Gasteiger partial charge in [0, 0.05) is 16.5 Å². The third-order valence-corrected chi connectivity index (χ3v) is 7.62. The third-order valence-electron chi connectivity index (χ3n) is 5.84. The fraction of sp³-hybridized carbons (Fsp3) is 0.571. The average molecular weight is 501 g/mol. The van der Waals surface area contributed by atoms with Crippen molar-refractivity contribution < 1.29 is 24.9 Å². The SMILES string of the molecule is CC(C)(C)CC(C)(C)c1ccc(S(=O)(=O)c2ccc(C(C)(C)CC(C)(C)C)cc2)cc1.[Ni]. The second-order valence-electron chi connectivity index (χ2n) is 12.8. The van der Waals surface area contributed by atoms with Gasteiger partial charge in [0.2, 0.25) is 9.84 Å². The van der Waals surface area contributed by atoms with Crippen LogP contribution in [0.4, 0.5) is 0 Å². The minimum atomic E-state index is -3.53. The van der Waals surface area contributed by atoms with E-state index in [4.69, 9.17) is 0 Å². The summed E-state index contributed by atoms with van der Waals surface area (Å²) >= 11 is 0. The summed E-state index contributed by atoms with van der Waals surface area (Å²) in [6, 6.07) is 14.9. The molecular formula is C28H42NiO2S. The summed E-state index contributed by atoms with van der Waals surface area (Å²) in [7, 11) is -3.53. The first kappa shape index (κ1) is 28.9. The molecule has 2 aromatic rings. The summed E-state index contributed by atoms with van der Waals surface area (Å²) in [4.78, 5) is 0.703.